The normalized spacial score (nSPS) is 19.3. The summed E-state index contributed by atoms with van der Waals surface area (Å²) in [5, 5.41) is 6.17. The molecular formula is C17H28Cl2N4O2. The predicted molar refractivity (Wildman–Crippen MR) is 105 cm³/mol. The van der Waals surface area contributed by atoms with Gasteiger partial charge in [0.2, 0.25) is 0 Å². The van der Waals surface area contributed by atoms with E-state index in [0.29, 0.717) is 18.7 Å². The number of nitrogens with zero attached hydrogens (tertiary/aromatic N) is 2. The summed E-state index contributed by atoms with van der Waals surface area (Å²) in [5.41, 5.74) is 0.393. The van der Waals surface area contributed by atoms with E-state index in [4.69, 9.17) is 4.74 Å². The van der Waals surface area contributed by atoms with Gasteiger partial charge in [-0.3, -0.25) is 4.79 Å². The Morgan fingerprint density at radius 2 is 1.88 bits per heavy atom. The van der Waals surface area contributed by atoms with E-state index < -0.39 is 5.60 Å². The molecular weight excluding hydrogens is 363 g/mol. The molecule has 2 saturated heterocycles. The molecule has 8 heteroatoms. The number of pyridine rings is 1. The Hall–Kier alpha value is -1.08. The van der Waals surface area contributed by atoms with Crippen molar-refractivity contribution in [1.82, 2.24) is 10.3 Å². The second-order valence-corrected chi connectivity index (χ2v) is 6.35. The van der Waals surface area contributed by atoms with Crippen molar-refractivity contribution in [3.8, 4) is 0 Å². The zero-order chi connectivity index (χ0) is 16.1. The quantitative estimate of drug-likeness (QED) is 0.826. The second-order valence-electron chi connectivity index (χ2n) is 6.35. The van der Waals surface area contributed by atoms with Gasteiger partial charge in [-0.15, -0.1) is 24.8 Å². The van der Waals surface area contributed by atoms with Gasteiger partial charge in [0, 0.05) is 20.2 Å². The van der Waals surface area contributed by atoms with Gasteiger partial charge < -0.3 is 20.3 Å². The van der Waals surface area contributed by atoms with Crippen LogP contribution in [0.5, 0.6) is 0 Å². The van der Waals surface area contributed by atoms with Crippen LogP contribution in [-0.4, -0.2) is 49.8 Å². The molecule has 1 amide bonds. The first kappa shape index (κ1) is 22.0. The summed E-state index contributed by atoms with van der Waals surface area (Å²) >= 11 is 0. The fraction of sp³-hybridized carbons (Fsp3) is 0.647. The first-order valence-corrected chi connectivity index (χ1v) is 8.52. The zero-order valence-electron chi connectivity index (χ0n) is 14.6. The van der Waals surface area contributed by atoms with E-state index >= 15 is 0 Å². The summed E-state index contributed by atoms with van der Waals surface area (Å²) < 4.78 is 5.54. The minimum Gasteiger partial charge on any atom is -0.370 e. The van der Waals surface area contributed by atoms with Crippen molar-refractivity contribution in [3.63, 3.8) is 0 Å². The van der Waals surface area contributed by atoms with Gasteiger partial charge in [0.25, 0.3) is 5.91 Å². The molecule has 0 saturated carbocycles. The Morgan fingerprint density at radius 1 is 1.20 bits per heavy atom. The number of nitrogens with one attached hydrogen (secondary N) is 2. The number of ether oxygens (including phenoxy) is 1. The number of hydrogen-bond acceptors (Lipinski definition) is 5. The molecule has 3 rings (SSSR count). The van der Waals surface area contributed by atoms with Crippen LogP contribution in [0.3, 0.4) is 0 Å². The molecule has 0 radical (unpaired) electrons. The molecule has 0 unspecified atom stereocenters. The van der Waals surface area contributed by atoms with Crippen LogP contribution >= 0.6 is 24.8 Å². The highest BCUT2D eigenvalue weighted by Gasteiger charge is 2.39. The lowest BCUT2D eigenvalue weighted by Gasteiger charge is -2.34. The molecule has 0 bridgehead atoms. The highest BCUT2D eigenvalue weighted by atomic mass is 35.5. The first-order valence-electron chi connectivity index (χ1n) is 8.52. The van der Waals surface area contributed by atoms with Gasteiger partial charge in [-0.05, 0) is 57.3 Å². The van der Waals surface area contributed by atoms with E-state index in [9.17, 15) is 4.79 Å². The van der Waals surface area contributed by atoms with Crippen molar-refractivity contribution in [3.05, 3.63) is 18.3 Å². The van der Waals surface area contributed by atoms with Crippen LogP contribution in [0.2, 0.25) is 0 Å². The third kappa shape index (κ3) is 5.20. The van der Waals surface area contributed by atoms with E-state index in [2.05, 4.69) is 20.5 Å². The van der Waals surface area contributed by atoms with Crippen LogP contribution < -0.4 is 15.5 Å². The van der Waals surface area contributed by atoms with Gasteiger partial charge in [-0.25, -0.2) is 4.98 Å². The minimum absolute atomic E-state index is 0. The SMILES string of the molecule is COC1(C(=O)Nc2ccc(N3CCCCC3)cn2)CCNCC1.Cl.Cl. The lowest BCUT2D eigenvalue weighted by Crippen LogP contribution is -2.51. The number of methoxy groups -OCH3 is 1. The van der Waals surface area contributed by atoms with Crippen LogP contribution in [0.1, 0.15) is 32.1 Å². The maximum atomic E-state index is 12.6. The summed E-state index contributed by atoms with van der Waals surface area (Å²) in [7, 11) is 1.61. The molecule has 25 heavy (non-hydrogen) atoms. The number of piperidine rings is 2. The number of hydrogen-bond donors (Lipinski definition) is 2. The smallest absolute Gasteiger partial charge is 0.257 e. The van der Waals surface area contributed by atoms with Crippen LogP contribution in [0.15, 0.2) is 18.3 Å². The summed E-state index contributed by atoms with van der Waals surface area (Å²) in [6.07, 6.45) is 7.00. The lowest BCUT2D eigenvalue weighted by atomic mass is 9.91. The van der Waals surface area contributed by atoms with Crippen molar-refractivity contribution >= 4 is 42.2 Å². The van der Waals surface area contributed by atoms with Crippen molar-refractivity contribution in [2.45, 2.75) is 37.7 Å². The van der Waals surface area contributed by atoms with Crippen molar-refractivity contribution < 1.29 is 9.53 Å². The minimum atomic E-state index is -0.738. The van der Waals surface area contributed by atoms with E-state index in [-0.39, 0.29) is 30.7 Å². The van der Waals surface area contributed by atoms with Crippen LogP contribution in [0.25, 0.3) is 0 Å². The molecule has 2 aliphatic rings. The first-order chi connectivity index (χ1) is 11.2. The summed E-state index contributed by atoms with van der Waals surface area (Å²) in [5.74, 6) is 0.491. The van der Waals surface area contributed by atoms with Gasteiger partial charge in [-0.2, -0.15) is 0 Å². The standard InChI is InChI=1S/C17H26N4O2.2ClH/c1-23-17(7-9-18-10-8-17)16(22)20-15-6-5-14(13-19-15)21-11-3-2-4-12-21;;/h5-6,13,18H,2-4,7-12H2,1H3,(H,19,20,22);2*1H. The van der Waals surface area contributed by atoms with Gasteiger partial charge in [0.1, 0.15) is 11.4 Å². The van der Waals surface area contributed by atoms with Crippen molar-refractivity contribution in [2.75, 3.05) is 43.5 Å². The molecule has 1 aromatic heterocycles. The van der Waals surface area contributed by atoms with E-state index in [1.54, 1.807) is 7.11 Å². The van der Waals surface area contributed by atoms with Crippen LogP contribution in [-0.2, 0) is 9.53 Å². The molecule has 0 aromatic carbocycles. The molecule has 3 heterocycles. The average molecular weight is 391 g/mol. The molecule has 0 aliphatic carbocycles. The topological polar surface area (TPSA) is 66.5 Å². The maximum absolute atomic E-state index is 12.6. The highest BCUT2D eigenvalue weighted by molar-refractivity contribution is 5.96. The monoisotopic (exact) mass is 390 g/mol. The van der Waals surface area contributed by atoms with Gasteiger partial charge in [0.05, 0.1) is 11.9 Å². The predicted octanol–water partition coefficient (Wildman–Crippen LogP) is 2.62. The molecule has 0 spiro atoms. The highest BCUT2D eigenvalue weighted by Crippen LogP contribution is 2.25. The number of aromatic nitrogens is 1. The maximum Gasteiger partial charge on any atom is 0.257 e. The number of anilines is 2. The number of rotatable bonds is 4. The zero-order valence-corrected chi connectivity index (χ0v) is 16.3. The molecule has 2 fully saturated rings. The molecule has 2 N–H and O–H groups in total. The number of carbonyl (C=O) groups is 1. The average Bonchev–Trinajstić information content (AvgIpc) is 2.63. The third-order valence-electron chi connectivity index (χ3n) is 4.93. The Kier molecular flexibility index (Phi) is 8.93. The summed E-state index contributed by atoms with van der Waals surface area (Å²) in [6.45, 7) is 3.77. The largest absolute Gasteiger partial charge is 0.370 e. The second kappa shape index (κ2) is 10.2. The van der Waals surface area contributed by atoms with E-state index in [1.165, 1.54) is 19.3 Å². The lowest BCUT2D eigenvalue weighted by molar-refractivity contribution is -0.140. The molecule has 6 nitrogen and oxygen atoms in total. The van der Waals surface area contributed by atoms with Crippen molar-refractivity contribution in [2.24, 2.45) is 0 Å². The van der Waals surface area contributed by atoms with Gasteiger partial charge >= 0.3 is 0 Å². The van der Waals surface area contributed by atoms with E-state index in [1.807, 2.05) is 18.3 Å². The Labute approximate surface area is 161 Å². The number of carbonyl (C=O) groups excluding carboxylic acids is 1. The number of amides is 1. The molecule has 2 aliphatic heterocycles. The fourth-order valence-corrected chi connectivity index (χ4v) is 3.38. The Bertz CT molecular complexity index is 530. The Balaban J connectivity index is 0.00000156. The van der Waals surface area contributed by atoms with Gasteiger partial charge in [-0.1, -0.05) is 0 Å². The summed E-state index contributed by atoms with van der Waals surface area (Å²) in [6, 6.07) is 3.92. The van der Waals surface area contributed by atoms with E-state index in [0.717, 1.165) is 31.9 Å². The third-order valence-corrected chi connectivity index (χ3v) is 4.93. The van der Waals surface area contributed by atoms with Crippen molar-refractivity contribution in [1.29, 1.82) is 0 Å². The van der Waals surface area contributed by atoms with Gasteiger partial charge in [0.15, 0.2) is 0 Å². The number of halogens is 2. The van der Waals surface area contributed by atoms with Crippen LogP contribution in [0.4, 0.5) is 11.5 Å². The Morgan fingerprint density at radius 3 is 2.44 bits per heavy atom. The summed E-state index contributed by atoms with van der Waals surface area (Å²) in [4.78, 5) is 19.4. The molecule has 1 aromatic rings. The fourth-order valence-electron chi connectivity index (χ4n) is 3.38. The molecule has 0 atom stereocenters. The van der Waals surface area contributed by atoms with Crippen LogP contribution in [0, 0.1) is 0 Å². The molecule has 142 valence electrons.